The van der Waals surface area contributed by atoms with Crippen molar-refractivity contribution in [2.24, 2.45) is 0 Å². The van der Waals surface area contributed by atoms with E-state index in [0.29, 0.717) is 37.5 Å². The number of carbonyl (C=O) groups excluding carboxylic acids is 1. The molecule has 0 aromatic heterocycles. The zero-order chi connectivity index (χ0) is 15.5. The lowest BCUT2D eigenvalue weighted by molar-refractivity contribution is -0.117. The molecule has 1 N–H and O–H groups in total. The molecule has 0 radical (unpaired) electrons. The first kappa shape index (κ1) is 16.7. The standard InChI is InChI=1S/C16H20N2O3/c1-3-21-15-8-5-4-7-13(15)11-14(12-17)16(19)18-9-6-10-20-2/h4-5,7-8,11H,3,6,9-10H2,1-2H3,(H,18,19)/b14-11+. The summed E-state index contributed by atoms with van der Waals surface area (Å²) < 4.78 is 10.4. The summed E-state index contributed by atoms with van der Waals surface area (Å²) in [6.45, 7) is 3.45. The lowest BCUT2D eigenvalue weighted by Gasteiger charge is -2.07. The van der Waals surface area contributed by atoms with Gasteiger partial charge >= 0.3 is 0 Å². The highest BCUT2D eigenvalue weighted by Crippen LogP contribution is 2.20. The van der Waals surface area contributed by atoms with Crippen molar-refractivity contribution in [3.63, 3.8) is 0 Å². The van der Waals surface area contributed by atoms with Crippen LogP contribution in [0.2, 0.25) is 0 Å². The van der Waals surface area contributed by atoms with Crippen molar-refractivity contribution in [2.45, 2.75) is 13.3 Å². The van der Waals surface area contributed by atoms with E-state index in [1.54, 1.807) is 19.2 Å². The largest absolute Gasteiger partial charge is 0.493 e. The number of rotatable bonds is 8. The van der Waals surface area contributed by atoms with Crippen molar-refractivity contribution in [3.8, 4) is 11.8 Å². The molecule has 0 bridgehead atoms. The smallest absolute Gasteiger partial charge is 0.261 e. The highest BCUT2D eigenvalue weighted by Gasteiger charge is 2.10. The summed E-state index contributed by atoms with van der Waals surface area (Å²) in [5.74, 6) is 0.264. The monoisotopic (exact) mass is 288 g/mol. The fourth-order valence-corrected chi connectivity index (χ4v) is 1.70. The average molecular weight is 288 g/mol. The van der Waals surface area contributed by atoms with Gasteiger partial charge in [-0.1, -0.05) is 18.2 Å². The molecule has 21 heavy (non-hydrogen) atoms. The zero-order valence-electron chi connectivity index (χ0n) is 12.4. The van der Waals surface area contributed by atoms with Gasteiger partial charge in [0.2, 0.25) is 0 Å². The van der Waals surface area contributed by atoms with Gasteiger partial charge in [0.25, 0.3) is 5.91 Å². The van der Waals surface area contributed by atoms with Crippen LogP contribution in [0.3, 0.4) is 0 Å². The molecule has 1 rings (SSSR count). The van der Waals surface area contributed by atoms with E-state index in [9.17, 15) is 4.79 Å². The van der Waals surface area contributed by atoms with Crippen LogP contribution in [0.15, 0.2) is 29.8 Å². The topological polar surface area (TPSA) is 71.3 Å². The number of nitrogens with one attached hydrogen (secondary N) is 1. The van der Waals surface area contributed by atoms with E-state index in [1.165, 1.54) is 6.08 Å². The summed E-state index contributed by atoms with van der Waals surface area (Å²) in [5.41, 5.74) is 0.766. The Morgan fingerprint density at radius 3 is 2.86 bits per heavy atom. The van der Waals surface area contributed by atoms with Crippen molar-refractivity contribution in [3.05, 3.63) is 35.4 Å². The van der Waals surface area contributed by atoms with Gasteiger partial charge in [-0.25, -0.2) is 0 Å². The molecule has 0 aliphatic rings. The highest BCUT2D eigenvalue weighted by molar-refractivity contribution is 6.01. The van der Waals surface area contributed by atoms with Crippen LogP contribution in [-0.4, -0.2) is 32.8 Å². The van der Waals surface area contributed by atoms with Crippen LogP contribution < -0.4 is 10.1 Å². The molecule has 0 heterocycles. The summed E-state index contributed by atoms with van der Waals surface area (Å²) in [5, 5.41) is 11.8. The molecular formula is C16H20N2O3. The number of ether oxygens (including phenoxy) is 2. The predicted molar refractivity (Wildman–Crippen MR) is 80.7 cm³/mol. The molecule has 0 spiro atoms. The van der Waals surface area contributed by atoms with Crippen molar-refractivity contribution >= 4 is 12.0 Å². The molecular weight excluding hydrogens is 268 g/mol. The minimum atomic E-state index is -0.389. The third kappa shape index (κ3) is 5.67. The van der Waals surface area contributed by atoms with Crippen LogP contribution in [0.5, 0.6) is 5.75 Å². The summed E-state index contributed by atoms with van der Waals surface area (Å²) in [7, 11) is 1.60. The first-order valence-electron chi connectivity index (χ1n) is 6.83. The number of nitriles is 1. The molecule has 5 heteroatoms. The van der Waals surface area contributed by atoms with E-state index < -0.39 is 0 Å². The second-order valence-electron chi connectivity index (χ2n) is 4.24. The van der Waals surface area contributed by atoms with E-state index in [2.05, 4.69) is 5.32 Å². The molecule has 0 unspecified atom stereocenters. The van der Waals surface area contributed by atoms with Crippen molar-refractivity contribution in [1.82, 2.24) is 5.32 Å². The second-order valence-corrected chi connectivity index (χ2v) is 4.24. The van der Waals surface area contributed by atoms with Gasteiger partial charge in [0.15, 0.2) is 0 Å². The van der Waals surface area contributed by atoms with Gasteiger partial charge in [0, 0.05) is 25.8 Å². The molecule has 5 nitrogen and oxygen atoms in total. The van der Waals surface area contributed by atoms with Crippen LogP contribution in [0.25, 0.3) is 6.08 Å². The first-order chi connectivity index (χ1) is 10.2. The van der Waals surface area contributed by atoms with Gasteiger partial charge in [-0.15, -0.1) is 0 Å². The molecule has 0 saturated carbocycles. The lowest BCUT2D eigenvalue weighted by atomic mass is 10.1. The molecule has 0 fully saturated rings. The number of methoxy groups -OCH3 is 1. The van der Waals surface area contributed by atoms with Gasteiger partial charge in [0.05, 0.1) is 6.61 Å². The summed E-state index contributed by atoms with van der Waals surface area (Å²) in [6.07, 6.45) is 2.24. The van der Waals surface area contributed by atoms with Gasteiger partial charge in [-0.05, 0) is 25.5 Å². The summed E-state index contributed by atoms with van der Waals surface area (Å²) >= 11 is 0. The maximum atomic E-state index is 11.9. The number of nitrogens with zero attached hydrogens (tertiary/aromatic N) is 1. The molecule has 1 aromatic rings. The molecule has 112 valence electrons. The van der Waals surface area contributed by atoms with E-state index in [0.717, 1.165) is 0 Å². The number of carbonyl (C=O) groups is 1. The van der Waals surface area contributed by atoms with Gasteiger partial charge < -0.3 is 14.8 Å². The summed E-state index contributed by atoms with van der Waals surface area (Å²) in [6, 6.07) is 9.21. The lowest BCUT2D eigenvalue weighted by Crippen LogP contribution is -2.26. The Morgan fingerprint density at radius 1 is 1.43 bits per heavy atom. The maximum Gasteiger partial charge on any atom is 0.261 e. The third-order valence-corrected chi connectivity index (χ3v) is 2.69. The molecule has 0 aliphatic carbocycles. The Balaban J connectivity index is 2.79. The van der Waals surface area contributed by atoms with Crippen LogP contribution in [0, 0.1) is 11.3 Å². The van der Waals surface area contributed by atoms with E-state index in [4.69, 9.17) is 14.7 Å². The Hall–Kier alpha value is -2.32. The second kappa shape index (κ2) is 9.56. The Bertz CT molecular complexity index is 533. The van der Waals surface area contributed by atoms with Crippen molar-refractivity contribution in [1.29, 1.82) is 5.26 Å². The Morgan fingerprint density at radius 2 is 2.19 bits per heavy atom. The number of hydrogen-bond donors (Lipinski definition) is 1. The Labute approximate surface area is 125 Å². The first-order valence-corrected chi connectivity index (χ1v) is 6.83. The quantitative estimate of drug-likeness (QED) is 0.452. The molecule has 0 atom stereocenters. The van der Waals surface area contributed by atoms with E-state index in [-0.39, 0.29) is 11.5 Å². The number of para-hydroxylation sites is 1. The normalized spacial score (nSPS) is 10.8. The Kier molecular flexibility index (Phi) is 7.62. The van der Waals surface area contributed by atoms with Crippen molar-refractivity contribution < 1.29 is 14.3 Å². The highest BCUT2D eigenvalue weighted by atomic mass is 16.5. The predicted octanol–water partition coefficient (Wildman–Crippen LogP) is 2.14. The van der Waals surface area contributed by atoms with Crippen LogP contribution in [-0.2, 0) is 9.53 Å². The van der Waals surface area contributed by atoms with Crippen LogP contribution in [0.1, 0.15) is 18.9 Å². The fourth-order valence-electron chi connectivity index (χ4n) is 1.70. The third-order valence-electron chi connectivity index (χ3n) is 2.69. The maximum absolute atomic E-state index is 11.9. The number of amides is 1. The van der Waals surface area contributed by atoms with Crippen LogP contribution in [0.4, 0.5) is 0 Å². The SMILES string of the molecule is CCOc1ccccc1/C=C(\C#N)C(=O)NCCCOC. The van der Waals surface area contributed by atoms with Crippen molar-refractivity contribution in [2.75, 3.05) is 26.9 Å². The average Bonchev–Trinajstić information content (AvgIpc) is 2.50. The van der Waals surface area contributed by atoms with E-state index >= 15 is 0 Å². The number of benzene rings is 1. The van der Waals surface area contributed by atoms with Gasteiger partial charge in [0.1, 0.15) is 17.4 Å². The molecule has 1 amide bonds. The number of hydrogen-bond acceptors (Lipinski definition) is 4. The molecule has 0 aliphatic heterocycles. The van der Waals surface area contributed by atoms with Crippen LogP contribution >= 0.6 is 0 Å². The molecule has 1 aromatic carbocycles. The minimum absolute atomic E-state index is 0.0552. The molecule has 0 saturated heterocycles. The summed E-state index contributed by atoms with van der Waals surface area (Å²) in [4.78, 5) is 11.9. The van der Waals surface area contributed by atoms with Gasteiger partial charge in [-0.2, -0.15) is 5.26 Å². The minimum Gasteiger partial charge on any atom is -0.493 e. The van der Waals surface area contributed by atoms with E-state index in [1.807, 2.05) is 25.1 Å². The fraction of sp³-hybridized carbons (Fsp3) is 0.375. The van der Waals surface area contributed by atoms with Gasteiger partial charge in [-0.3, -0.25) is 4.79 Å². The zero-order valence-corrected chi connectivity index (χ0v) is 12.4.